The lowest BCUT2D eigenvalue weighted by molar-refractivity contribution is -0.0500. The number of hydrogen-bond acceptors (Lipinski definition) is 6. The smallest absolute Gasteiger partial charge is 0.378 e. The Morgan fingerprint density at radius 3 is 1.80 bits per heavy atom. The van der Waals surface area contributed by atoms with Gasteiger partial charge in [-0.1, -0.05) is 123 Å². The fraction of sp³-hybridized carbons (Fsp3) is 0.179. The summed E-state index contributed by atoms with van der Waals surface area (Å²) in [4.78, 5) is 17.7. The van der Waals surface area contributed by atoms with E-state index in [4.69, 9.17) is 4.98 Å². The average molecular weight is 714 g/mol. The number of nitrogens with zero attached hydrogens (tertiary/aromatic N) is 2. The summed E-state index contributed by atoms with van der Waals surface area (Å²) < 4.78 is 69.7. The van der Waals surface area contributed by atoms with Crippen molar-refractivity contribution in [3.8, 4) is 5.75 Å². The lowest BCUT2D eigenvalue weighted by Gasteiger charge is -2.37. The Kier molecular flexibility index (Phi) is 9.26. The number of hydrogen-bond donors (Lipinski definition) is 2. The number of imidazole rings is 1. The fourth-order valence-electron chi connectivity index (χ4n) is 6.61. The molecular weight excluding hydrogens is 680 g/mol. The molecule has 1 heterocycles. The van der Waals surface area contributed by atoms with E-state index in [9.17, 15) is 31.5 Å². The van der Waals surface area contributed by atoms with Crippen molar-refractivity contribution in [2.75, 3.05) is 7.05 Å². The average Bonchev–Trinajstić information content (AvgIpc) is 3.63. The Morgan fingerprint density at radius 2 is 1.33 bits per heavy atom. The zero-order valence-corrected chi connectivity index (χ0v) is 28.6. The molecule has 1 atom stereocenters. The molecule has 0 radical (unpaired) electrons. The largest absolute Gasteiger partial charge is 0.534 e. The van der Waals surface area contributed by atoms with Gasteiger partial charge in [0.05, 0.1) is 17.6 Å². The van der Waals surface area contributed by atoms with Gasteiger partial charge in [-0.2, -0.15) is 21.6 Å². The number of rotatable bonds is 10. The van der Waals surface area contributed by atoms with E-state index >= 15 is 0 Å². The van der Waals surface area contributed by atoms with Crippen molar-refractivity contribution >= 4 is 26.8 Å². The minimum Gasteiger partial charge on any atom is -0.378 e. The predicted molar refractivity (Wildman–Crippen MR) is 188 cm³/mol. The molecule has 0 bridgehead atoms. The Bertz CT molecular complexity index is 2200. The van der Waals surface area contributed by atoms with Crippen LogP contribution in [-0.4, -0.2) is 41.5 Å². The second-order valence-corrected chi connectivity index (χ2v) is 13.9. The van der Waals surface area contributed by atoms with Gasteiger partial charge in [0.15, 0.2) is 5.75 Å². The topological polar surface area (TPSA) is 111 Å². The van der Waals surface area contributed by atoms with E-state index in [2.05, 4.69) is 9.50 Å². The van der Waals surface area contributed by atoms with Gasteiger partial charge in [-0.05, 0) is 51.1 Å². The van der Waals surface area contributed by atoms with Crippen LogP contribution in [0.3, 0.4) is 0 Å². The van der Waals surface area contributed by atoms with Crippen LogP contribution in [0, 0.1) is 5.92 Å². The molecule has 0 aliphatic carbocycles. The lowest BCUT2D eigenvalue weighted by atomic mass is 9.76. The maximum atomic E-state index is 13.2. The van der Waals surface area contributed by atoms with Crippen molar-refractivity contribution in [2.24, 2.45) is 5.92 Å². The first-order valence-corrected chi connectivity index (χ1v) is 17.4. The predicted octanol–water partition coefficient (Wildman–Crippen LogP) is 7.36. The number of aliphatic hydroxyl groups is 1. The molecule has 0 aliphatic rings. The number of amides is 1. The monoisotopic (exact) mass is 713 g/mol. The lowest BCUT2D eigenvalue weighted by Crippen LogP contribution is -2.37. The van der Waals surface area contributed by atoms with E-state index in [0.29, 0.717) is 16.6 Å². The SMILES string of the molecule is CNC(=O)c1c(OS(=O)(=O)C(F)(F)F)ccc2cc(C(O)(c3cn(C(c4ccccc4)(c4ccccc4)c4ccccc4)cn3)C(C)C)ccc12. The van der Waals surface area contributed by atoms with Gasteiger partial charge in [-0.15, -0.1) is 0 Å². The molecule has 0 spiro atoms. The summed E-state index contributed by atoms with van der Waals surface area (Å²) in [5, 5.41) is 15.4. The molecular formula is C39H34F3N3O5S. The van der Waals surface area contributed by atoms with Gasteiger partial charge < -0.3 is 19.2 Å². The van der Waals surface area contributed by atoms with Crippen molar-refractivity contribution in [1.29, 1.82) is 0 Å². The Balaban J connectivity index is 1.54. The number of alkyl halides is 3. The number of carbonyl (C=O) groups excluding carboxylic acids is 1. The first-order valence-electron chi connectivity index (χ1n) is 16.0. The molecule has 6 aromatic rings. The van der Waals surface area contributed by atoms with Gasteiger partial charge in [0, 0.05) is 13.2 Å². The summed E-state index contributed by atoms with van der Waals surface area (Å²) in [7, 11) is -4.81. The third kappa shape index (κ3) is 6.04. The van der Waals surface area contributed by atoms with E-state index < -0.39 is 49.9 Å². The quantitative estimate of drug-likeness (QED) is 0.0873. The number of benzene rings is 5. The van der Waals surface area contributed by atoms with E-state index in [1.54, 1.807) is 12.4 Å². The summed E-state index contributed by atoms with van der Waals surface area (Å²) in [5.41, 5.74) is -5.13. The van der Waals surface area contributed by atoms with E-state index in [0.717, 1.165) is 22.8 Å². The highest BCUT2D eigenvalue weighted by Gasteiger charge is 2.49. The van der Waals surface area contributed by atoms with Gasteiger partial charge in [-0.25, -0.2) is 4.98 Å². The fourth-order valence-corrected chi connectivity index (χ4v) is 7.08. The Labute approximate surface area is 293 Å². The summed E-state index contributed by atoms with van der Waals surface area (Å²) in [6, 6.07) is 36.8. The highest BCUT2D eigenvalue weighted by molar-refractivity contribution is 7.88. The van der Waals surface area contributed by atoms with E-state index in [1.807, 2.05) is 116 Å². The molecule has 8 nitrogen and oxygen atoms in total. The van der Waals surface area contributed by atoms with E-state index in [-0.39, 0.29) is 5.39 Å². The normalized spacial score (nSPS) is 13.6. The molecule has 1 amide bonds. The summed E-state index contributed by atoms with van der Waals surface area (Å²) in [6.45, 7) is 3.66. The summed E-state index contributed by atoms with van der Waals surface area (Å²) in [6.07, 6.45) is 3.50. The zero-order valence-electron chi connectivity index (χ0n) is 27.8. The molecule has 0 saturated heterocycles. The van der Waals surface area contributed by atoms with Gasteiger partial charge in [-0.3, -0.25) is 4.79 Å². The molecule has 51 heavy (non-hydrogen) atoms. The van der Waals surface area contributed by atoms with Crippen molar-refractivity contribution in [3.63, 3.8) is 0 Å². The first-order chi connectivity index (χ1) is 24.2. The summed E-state index contributed by atoms with van der Waals surface area (Å²) >= 11 is 0. The molecule has 1 aromatic heterocycles. The number of fused-ring (bicyclic) bond motifs is 1. The number of aromatic nitrogens is 2. The molecule has 0 fully saturated rings. The standard InChI is InChI=1S/C39H34F3N3O5S/c1-26(2)38(47,31-20-21-32-27(23-31)19-22-33(35(32)36(46)43-3)50-51(48,49)39(40,41)42)34-24-45(25-44-34)37(28-13-7-4-8-14-28,29-15-9-5-10-16-29)30-17-11-6-12-18-30/h4-26,47H,1-3H3,(H,43,46). The Hall–Kier alpha value is -5.46. The summed E-state index contributed by atoms with van der Waals surface area (Å²) in [5.74, 6) is -2.10. The van der Waals surface area contributed by atoms with Crippen LogP contribution in [0.4, 0.5) is 13.2 Å². The van der Waals surface area contributed by atoms with Gasteiger partial charge in [0.1, 0.15) is 11.1 Å². The van der Waals surface area contributed by atoms with Crippen molar-refractivity contribution in [3.05, 3.63) is 167 Å². The first kappa shape index (κ1) is 35.4. The minimum absolute atomic E-state index is 0.112. The second-order valence-electron chi connectivity index (χ2n) is 12.3. The number of halogens is 3. The third-order valence-electron chi connectivity index (χ3n) is 9.13. The molecule has 0 saturated carbocycles. The highest BCUT2D eigenvalue weighted by atomic mass is 32.2. The van der Waals surface area contributed by atoms with Crippen LogP contribution < -0.4 is 9.50 Å². The third-order valence-corrected chi connectivity index (χ3v) is 10.1. The second kappa shape index (κ2) is 13.3. The maximum Gasteiger partial charge on any atom is 0.534 e. The highest BCUT2D eigenvalue weighted by Crippen LogP contribution is 2.44. The molecule has 1 unspecified atom stereocenters. The van der Waals surface area contributed by atoms with E-state index in [1.165, 1.54) is 25.2 Å². The van der Waals surface area contributed by atoms with Crippen LogP contribution in [0.2, 0.25) is 0 Å². The number of carbonyl (C=O) groups is 1. The number of nitrogens with one attached hydrogen (secondary N) is 1. The van der Waals surface area contributed by atoms with Crippen LogP contribution in [0.15, 0.2) is 134 Å². The molecule has 2 N–H and O–H groups in total. The van der Waals surface area contributed by atoms with Crippen molar-refractivity contribution < 1.29 is 35.7 Å². The molecule has 0 aliphatic heterocycles. The van der Waals surface area contributed by atoms with Crippen LogP contribution in [-0.2, 0) is 21.3 Å². The van der Waals surface area contributed by atoms with Gasteiger partial charge >= 0.3 is 15.6 Å². The van der Waals surface area contributed by atoms with Crippen LogP contribution >= 0.6 is 0 Å². The van der Waals surface area contributed by atoms with Gasteiger partial charge in [0.2, 0.25) is 0 Å². The molecule has 5 aromatic carbocycles. The van der Waals surface area contributed by atoms with Crippen LogP contribution in [0.5, 0.6) is 5.75 Å². The molecule has 12 heteroatoms. The van der Waals surface area contributed by atoms with Crippen LogP contribution in [0.1, 0.15) is 52.2 Å². The van der Waals surface area contributed by atoms with Gasteiger partial charge in [0.25, 0.3) is 5.91 Å². The van der Waals surface area contributed by atoms with Crippen molar-refractivity contribution in [2.45, 2.75) is 30.5 Å². The Morgan fingerprint density at radius 1 is 0.804 bits per heavy atom. The minimum atomic E-state index is -6.06. The maximum absolute atomic E-state index is 13.2. The van der Waals surface area contributed by atoms with Crippen LogP contribution in [0.25, 0.3) is 10.8 Å². The molecule has 262 valence electrons. The zero-order chi connectivity index (χ0) is 36.6. The molecule has 6 rings (SSSR count). The van der Waals surface area contributed by atoms with Crippen molar-refractivity contribution in [1.82, 2.24) is 14.9 Å².